The molecule has 0 aliphatic heterocycles. The van der Waals surface area contributed by atoms with E-state index in [9.17, 15) is 19.3 Å². The fraction of sp³-hybridized carbons (Fsp3) is 0. The number of nitro groups is 1. The summed E-state index contributed by atoms with van der Waals surface area (Å²) < 4.78 is 12.8. The molecule has 2 rings (SSSR count). The Morgan fingerprint density at radius 1 is 1.12 bits per heavy atom. The molecule has 0 heterocycles. The Morgan fingerprint density at radius 2 is 1.75 bits per heavy atom. The van der Waals surface area contributed by atoms with E-state index in [1.807, 2.05) is 0 Å². The van der Waals surface area contributed by atoms with Crippen LogP contribution in [0.3, 0.4) is 0 Å². The predicted molar refractivity (Wildman–Crippen MR) is 92.9 cm³/mol. The standard InChI is InChI=1S/C16H12FN3O3S/c17-12-4-1-11(2-5-12)3-10-15(21)19-16(24)18-13-6-8-14(9-7-13)20(22)23/h1-10H,(H2,18,19,21,24). The van der Waals surface area contributed by atoms with E-state index >= 15 is 0 Å². The number of carbonyl (C=O) groups is 1. The summed E-state index contributed by atoms with van der Waals surface area (Å²) in [7, 11) is 0. The van der Waals surface area contributed by atoms with E-state index in [1.165, 1.54) is 60.7 Å². The van der Waals surface area contributed by atoms with Crippen LogP contribution in [0.5, 0.6) is 0 Å². The Labute approximate surface area is 142 Å². The maximum atomic E-state index is 12.8. The predicted octanol–water partition coefficient (Wildman–Crippen LogP) is 3.26. The Morgan fingerprint density at radius 3 is 2.33 bits per heavy atom. The molecule has 0 fully saturated rings. The fourth-order valence-corrected chi connectivity index (χ4v) is 1.95. The summed E-state index contributed by atoms with van der Waals surface area (Å²) in [5.74, 6) is -0.816. The van der Waals surface area contributed by atoms with Crippen LogP contribution in [0, 0.1) is 15.9 Å². The first kappa shape index (κ1) is 17.2. The number of anilines is 1. The molecule has 24 heavy (non-hydrogen) atoms. The summed E-state index contributed by atoms with van der Waals surface area (Å²) in [4.78, 5) is 21.8. The van der Waals surface area contributed by atoms with Crippen LogP contribution in [0.15, 0.2) is 54.6 Å². The monoisotopic (exact) mass is 345 g/mol. The molecule has 0 atom stereocenters. The van der Waals surface area contributed by atoms with Gasteiger partial charge in [0.1, 0.15) is 5.82 Å². The second-order valence-corrected chi connectivity index (χ2v) is 5.04. The average molecular weight is 345 g/mol. The maximum Gasteiger partial charge on any atom is 0.269 e. The van der Waals surface area contributed by atoms with E-state index in [0.717, 1.165) is 0 Å². The highest BCUT2D eigenvalue weighted by Gasteiger charge is 2.05. The molecular weight excluding hydrogens is 333 g/mol. The molecule has 0 aromatic heterocycles. The second-order valence-electron chi connectivity index (χ2n) is 4.63. The number of benzene rings is 2. The molecule has 1 amide bonds. The zero-order chi connectivity index (χ0) is 17.5. The summed E-state index contributed by atoms with van der Waals surface area (Å²) in [6, 6.07) is 11.2. The lowest BCUT2D eigenvalue weighted by atomic mass is 10.2. The molecular formula is C16H12FN3O3S. The van der Waals surface area contributed by atoms with Crippen LogP contribution in [0.4, 0.5) is 15.8 Å². The van der Waals surface area contributed by atoms with Gasteiger partial charge in [-0.3, -0.25) is 20.2 Å². The van der Waals surface area contributed by atoms with Crippen LogP contribution >= 0.6 is 12.2 Å². The molecule has 6 nitrogen and oxygen atoms in total. The summed E-state index contributed by atoms with van der Waals surface area (Å²) in [5.41, 5.74) is 1.13. The highest BCUT2D eigenvalue weighted by molar-refractivity contribution is 7.80. The van der Waals surface area contributed by atoms with Gasteiger partial charge in [0, 0.05) is 23.9 Å². The third-order valence-corrected chi connectivity index (χ3v) is 3.07. The first-order chi connectivity index (χ1) is 11.4. The minimum absolute atomic E-state index is 0.0438. The van der Waals surface area contributed by atoms with Gasteiger partial charge in [-0.15, -0.1) is 0 Å². The summed E-state index contributed by atoms with van der Waals surface area (Å²) >= 11 is 4.98. The Bertz CT molecular complexity index is 789. The van der Waals surface area contributed by atoms with Gasteiger partial charge in [0.15, 0.2) is 5.11 Å². The number of nitrogens with zero attached hydrogens (tertiary/aromatic N) is 1. The molecule has 2 aromatic carbocycles. The van der Waals surface area contributed by atoms with E-state index < -0.39 is 10.8 Å². The van der Waals surface area contributed by atoms with Crippen molar-refractivity contribution in [1.29, 1.82) is 0 Å². The van der Waals surface area contributed by atoms with Crippen LogP contribution in [0.2, 0.25) is 0 Å². The number of nitro benzene ring substituents is 1. The second kappa shape index (κ2) is 7.93. The summed E-state index contributed by atoms with van der Waals surface area (Å²) in [6.45, 7) is 0. The van der Waals surface area contributed by atoms with Crippen LogP contribution in [0.25, 0.3) is 6.08 Å². The molecule has 0 unspecified atom stereocenters. The van der Waals surface area contributed by atoms with E-state index in [-0.39, 0.29) is 16.6 Å². The van der Waals surface area contributed by atoms with E-state index in [1.54, 1.807) is 0 Å². The van der Waals surface area contributed by atoms with Gasteiger partial charge >= 0.3 is 0 Å². The summed E-state index contributed by atoms with van der Waals surface area (Å²) in [6.07, 6.45) is 2.78. The molecule has 0 saturated carbocycles. The van der Waals surface area contributed by atoms with Gasteiger partial charge in [0.2, 0.25) is 5.91 Å². The molecule has 0 aliphatic rings. The number of thiocarbonyl (C=S) groups is 1. The first-order valence-corrected chi connectivity index (χ1v) is 7.15. The number of halogens is 1. The van der Waals surface area contributed by atoms with E-state index in [2.05, 4.69) is 10.6 Å². The van der Waals surface area contributed by atoms with Crippen molar-refractivity contribution in [3.8, 4) is 0 Å². The zero-order valence-electron chi connectivity index (χ0n) is 12.2. The van der Waals surface area contributed by atoms with Crippen molar-refractivity contribution in [3.63, 3.8) is 0 Å². The van der Waals surface area contributed by atoms with Crippen molar-refractivity contribution in [2.45, 2.75) is 0 Å². The lowest BCUT2D eigenvalue weighted by molar-refractivity contribution is -0.384. The maximum absolute atomic E-state index is 12.8. The van der Waals surface area contributed by atoms with Gasteiger partial charge in [-0.05, 0) is 48.1 Å². The van der Waals surface area contributed by atoms with E-state index in [0.29, 0.717) is 11.3 Å². The van der Waals surface area contributed by atoms with Gasteiger partial charge < -0.3 is 5.32 Å². The Kier molecular flexibility index (Phi) is 5.69. The molecule has 0 saturated heterocycles. The third kappa shape index (κ3) is 5.25. The van der Waals surface area contributed by atoms with Crippen molar-refractivity contribution in [3.05, 3.63) is 76.1 Å². The molecule has 0 radical (unpaired) electrons. The normalized spacial score (nSPS) is 10.4. The highest BCUT2D eigenvalue weighted by Crippen LogP contribution is 2.15. The van der Waals surface area contributed by atoms with Gasteiger partial charge in [0.05, 0.1) is 4.92 Å². The molecule has 0 aliphatic carbocycles. The number of non-ortho nitro benzene ring substituents is 1. The lowest BCUT2D eigenvalue weighted by Gasteiger charge is -2.07. The SMILES string of the molecule is O=C(C=Cc1ccc(F)cc1)NC(=S)Nc1ccc([N+](=O)[O-])cc1. The smallest absolute Gasteiger partial charge is 0.269 e. The molecule has 8 heteroatoms. The van der Waals surface area contributed by atoms with Crippen LogP contribution in [-0.2, 0) is 4.79 Å². The van der Waals surface area contributed by atoms with Crippen molar-refractivity contribution >= 4 is 40.7 Å². The number of rotatable bonds is 4. The van der Waals surface area contributed by atoms with Crippen LogP contribution < -0.4 is 10.6 Å². The zero-order valence-corrected chi connectivity index (χ0v) is 13.0. The lowest BCUT2D eigenvalue weighted by Crippen LogP contribution is -2.32. The molecule has 2 aromatic rings. The average Bonchev–Trinajstić information content (AvgIpc) is 2.54. The number of nitrogens with one attached hydrogen (secondary N) is 2. The van der Waals surface area contributed by atoms with Gasteiger partial charge in [-0.25, -0.2) is 4.39 Å². The van der Waals surface area contributed by atoms with Crippen molar-refractivity contribution in [2.24, 2.45) is 0 Å². The van der Waals surface area contributed by atoms with Crippen LogP contribution in [0.1, 0.15) is 5.56 Å². The number of hydrogen-bond donors (Lipinski definition) is 2. The Balaban J connectivity index is 1.88. The topological polar surface area (TPSA) is 84.3 Å². The minimum Gasteiger partial charge on any atom is -0.332 e. The quantitative estimate of drug-likeness (QED) is 0.385. The molecule has 2 N–H and O–H groups in total. The van der Waals surface area contributed by atoms with Crippen molar-refractivity contribution < 1.29 is 14.1 Å². The van der Waals surface area contributed by atoms with E-state index in [4.69, 9.17) is 12.2 Å². The van der Waals surface area contributed by atoms with Gasteiger partial charge in [0.25, 0.3) is 5.69 Å². The van der Waals surface area contributed by atoms with Crippen molar-refractivity contribution in [1.82, 2.24) is 5.32 Å². The number of carbonyl (C=O) groups excluding carboxylic acids is 1. The third-order valence-electron chi connectivity index (χ3n) is 2.87. The van der Waals surface area contributed by atoms with Crippen LogP contribution in [-0.4, -0.2) is 15.9 Å². The molecule has 122 valence electrons. The minimum atomic E-state index is -0.510. The summed E-state index contributed by atoms with van der Waals surface area (Å²) in [5, 5.41) is 15.8. The molecule has 0 spiro atoms. The van der Waals surface area contributed by atoms with Gasteiger partial charge in [-0.2, -0.15) is 0 Å². The largest absolute Gasteiger partial charge is 0.332 e. The number of hydrogen-bond acceptors (Lipinski definition) is 4. The highest BCUT2D eigenvalue weighted by atomic mass is 32.1. The Hall–Kier alpha value is -3.13. The first-order valence-electron chi connectivity index (χ1n) is 6.74. The fourth-order valence-electron chi connectivity index (χ4n) is 1.73. The molecule has 0 bridgehead atoms. The van der Waals surface area contributed by atoms with Gasteiger partial charge in [-0.1, -0.05) is 12.1 Å². The van der Waals surface area contributed by atoms with Crippen molar-refractivity contribution in [2.75, 3.05) is 5.32 Å². The number of amides is 1.